The van der Waals surface area contributed by atoms with Crippen molar-refractivity contribution >= 4 is 35.0 Å². The first-order chi connectivity index (χ1) is 33.6. The first-order valence-electron chi connectivity index (χ1n) is 24.0. The van der Waals surface area contributed by atoms with Crippen molar-refractivity contribution in [3.8, 4) is 11.3 Å². The lowest BCUT2D eigenvalue weighted by atomic mass is 9.87. The lowest BCUT2D eigenvalue weighted by Crippen LogP contribution is -2.36. The number of aromatic nitrogens is 2. The first-order valence-corrected chi connectivity index (χ1v) is 24.0. The second-order valence-electron chi connectivity index (χ2n) is 17.1. The molecule has 0 bridgehead atoms. The molecular formula is C54H68N8O7. The minimum Gasteiger partial charge on any atom is -0.378 e. The van der Waals surface area contributed by atoms with E-state index in [1.54, 1.807) is 72.7 Å². The highest BCUT2D eigenvalue weighted by atomic mass is 16.5. The smallest absolute Gasteiger partial charge is 0.258 e. The fourth-order valence-electron chi connectivity index (χ4n) is 8.25. The Morgan fingerprint density at radius 2 is 1.46 bits per heavy atom. The molecule has 0 saturated heterocycles. The second kappa shape index (κ2) is 26.9. The van der Waals surface area contributed by atoms with Gasteiger partial charge in [-0.2, -0.15) is 0 Å². The number of rotatable bonds is 26. The molecule has 15 heteroatoms. The zero-order valence-electron chi connectivity index (χ0n) is 40.8. The van der Waals surface area contributed by atoms with Crippen molar-refractivity contribution in [3.63, 3.8) is 0 Å². The molecule has 0 aliphatic heterocycles. The monoisotopic (exact) mass is 941 g/mol. The maximum atomic E-state index is 14.3. The van der Waals surface area contributed by atoms with Gasteiger partial charge in [-0.3, -0.25) is 29.1 Å². The number of carbonyl (C=O) groups is 4. The summed E-state index contributed by atoms with van der Waals surface area (Å²) in [7, 11) is 5.52. The van der Waals surface area contributed by atoms with Crippen LogP contribution < -0.4 is 20.4 Å². The molecule has 69 heavy (non-hydrogen) atoms. The van der Waals surface area contributed by atoms with Crippen LogP contribution in [-0.2, 0) is 31.8 Å². The van der Waals surface area contributed by atoms with E-state index in [2.05, 4.69) is 51.4 Å². The maximum Gasteiger partial charge on any atom is 0.258 e. The third kappa shape index (κ3) is 15.2. The molecule has 5 aromatic rings. The molecular weight excluding hydrogens is 873 g/mol. The standard InChI is InChI=1S/C54H68N8O7/c1-6-62(7-2)45-20-21-50(47(38-45)49-37-42(22-24-56-49)53(65)58-48-19-11-15-41-14-8-9-18-46(41)48)61(5)54(66)43-16-10-13-40(35-43)36-51(63)60(4)27-26-59(3)28-30-68-32-34-69-33-31-67-29-25-57-52(64)44-17-12-23-55-39-44/h8-10,12-14,16-18,20-24,35,37-39,48H,6-7,11,15,19,25-34,36H2,1-5H3,(H,57,64)(H,58,65)/t48-/m0/s1. The van der Waals surface area contributed by atoms with Gasteiger partial charge in [-0.05, 0) is 111 Å². The van der Waals surface area contributed by atoms with Gasteiger partial charge in [0.2, 0.25) is 5.91 Å². The number of ether oxygens (including phenoxy) is 3. The van der Waals surface area contributed by atoms with Crippen molar-refractivity contribution in [1.82, 2.24) is 30.4 Å². The topological polar surface area (TPSA) is 159 Å². The number of hydrogen-bond donors (Lipinski definition) is 2. The highest BCUT2D eigenvalue weighted by Gasteiger charge is 2.24. The summed E-state index contributed by atoms with van der Waals surface area (Å²) in [6.45, 7) is 10.7. The Balaban J connectivity index is 0.958. The van der Waals surface area contributed by atoms with E-state index in [1.165, 1.54) is 17.3 Å². The Morgan fingerprint density at radius 3 is 2.23 bits per heavy atom. The number of pyridine rings is 2. The molecule has 3 aromatic carbocycles. The molecule has 1 aliphatic carbocycles. The fraction of sp³-hybridized carbons (Fsp3) is 0.407. The average molecular weight is 941 g/mol. The summed E-state index contributed by atoms with van der Waals surface area (Å²) in [6.07, 6.45) is 7.84. The van der Waals surface area contributed by atoms with Gasteiger partial charge in [0, 0.05) is 94.3 Å². The molecule has 2 N–H and O–H groups in total. The van der Waals surface area contributed by atoms with Crippen LogP contribution in [0.4, 0.5) is 11.4 Å². The lowest BCUT2D eigenvalue weighted by molar-refractivity contribution is -0.129. The van der Waals surface area contributed by atoms with Crippen LogP contribution in [-0.4, -0.2) is 143 Å². The summed E-state index contributed by atoms with van der Waals surface area (Å²) in [5.74, 6) is -0.640. The highest BCUT2D eigenvalue weighted by Crippen LogP contribution is 2.35. The summed E-state index contributed by atoms with van der Waals surface area (Å²) in [4.78, 5) is 69.8. The number of nitrogens with zero attached hydrogens (tertiary/aromatic N) is 6. The maximum absolute atomic E-state index is 14.3. The van der Waals surface area contributed by atoms with E-state index in [0.29, 0.717) is 93.9 Å². The number of nitrogens with one attached hydrogen (secondary N) is 2. The minimum atomic E-state index is -0.236. The van der Waals surface area contributed by atoms with Crippen LogP contribution in [0.1, 0.15) is 80.5 Å². The number of amides is 4. The first kappa shape index (κ1) is 51.9. The van der Waals surface area contributed by atoms with Crippen molar-refractivity contribution in [2.45, 2.75) is 45.6 Å². The van der Waals surface area contributed by atoms with E-state index in [0.717, 1.165) is 49.2 Å². The number of aryl methyl sites for hydroxylation is 1. The molecule has 1 aliphatic rings. The van der Waals surface area contributed by atoms with Crippen LogP contribution >= 0.6 is 0 Å². The number of benzene rings is 3. The largest absolute Gasteiger partial charge is 0.378 e. The molecule has 0 fully saturated rings. The molecule has 0 unspecified atom stereocenters. The summed E-state index contributed by atoms with van der Waals surface area (Å²) in [6, 6.07) is 28.4. The Hall–Kier alpha value is -6.52. The highest BCUT2D eigenvalue weighted by molar-refractivity contribution is 6.08. The zero-order chi connectivity index (χ0) is 49.0. The molecule has 4 amide bonds. The van der Waals surface area contributed by atoms with Crippen molar-refractivity contribution < 1.29 is 33.4 Å². The van der Waals surface area contributed by atoms with Crippen LogP contribution in [0.2, 0.25) is 0 Å². The van der Waals surface area contributed by atoms with Crippen LogP contribution in [0.25, 0.3) is 11.3 Å². The number of fused-ring (bicyclic) bond motifs is 1. The van der Waals surface area contributed by atoms with E-state index < -0.39 is 0 Å². The molecule has 15 nitrogen and oxygen atoms in total. The van der Waals surface area contributed by atoms with E-state index >= 15 is 0 Å². The van der Waals surface area contributed by atoms with Crippen LogP contribution in [0.5, 0.6) is 0 Å². The van der Waals surface area contributed by atoms with Crippen LogP contribution in [0, 0.1) is 0 Å². The number of anilines is 2. The Labute approximate surface area is 407 Å². The Bertz CT molecular complexity index is 2450. The molecule has 1 atom stereocenters. The van der Waals surface area contributed by atoms with Crippen molar-refractivity contribution in [2.75, 3.05) is 110 Å². The van der Waals surface area contributed by atoms with Gasteiger partial charge in [0.25, 0.3) is 17.7 Å². The molecule has 0 spiro atoms. The van der Waals surface area contributed by atoms with Gasteiger partial charge in [-0.15, -0.1) is 0 Å². The summed E-state index contributed by atoms with van der Waals surface area (Å²) < 4.78 is 16.8. The zero-order valence-corrected chi connectivity index (χ0v) is 40.8. The molecule has 0 radical (unpaired) electrons. The lowest BCUT2D eigenvalue weighted by Gasteiger charge is -2.27. The van der Waals surface area contributed by atoms with Gasteiger partial charge in [0.1, 0.15) is 0 Å². The van der Waals surface area contributed by atoms with Crippen molar-refractivity contribution in [1.29, 1.82) is 0 Å². The molecule has 0 saturated carbocycles. The molecule has 2 heterocycles. The van der Waals surface area contributed by atoms with Crippen molar-refractivity contribution in [3.05, 3.63) is 143 Å². The predicted octanol–water partition coefficient (Wildman–Crippen LogP) is 6.49. The Morgan fingerprint density at radius 1 is 0.710 bits per heavy atom. The van der Waals surface area contributed by atoms with Gasteiger partial charge < -0.3 is 44.4 Å². The molecule has 2 aromatic heterocycles. The number of hydrogen-bond acceptors (Lipinski definition) is 11. The number of likely N-dealkylation sites (N-methyl/N-ethyl adjacent to an activating group) is 2. The minimum absolute atomic E-state index is 0.0508. The summed E-state index contributed by atoms with van der Waals surface area (Å²) in [5.41, 5.74) is 7.58. The average Bonchev–Trinajstić information content (AvgIpc) is 3.38. The second-order valence-corrected chi connectivity index (χ2v) is 17.1. The number of carbonyl (C=O) groups excluding carboxylic acids is 4. The summed E-state index contributed by atoms with van der Waals surface area (Å²) in [5, 5.41) is 6.06. The van der Waals surface area contributed by atoms with Crippen LogP contribution in [0.15, 0.2) is 110 Å². The molecule has 366 valence electrons. The SMILES string of the molecule is CCN(CC)c1ccc(N(C)C(=O)c2cccc(CC(=O)N(C)CCN(C)CCOCCOCCOCCNC(=O)c3cccnc3)c2)c(-c2cc(C(=O)N[C@H]3CCCc4ccccc43)ccn2)c1. The third-order valence-electron chi connectivity index (χ3n) is 12.3. The normalized spacial score (nSPS) is 13.1. The van der Waals surface area contributed by atoms with E-state index in [-0.39, 0.29) is 36.1 Å². The van der Waals surface area contributed by atoms with Crippen LogP contribution in [0.3, 0.4) is 0 Å². The fourth-order valence-corrected chi connectivity index (χ4v) is 8.25. The van der Waals surface area contributed by atoms with Gasteiger partial charge in [-0.1, -0.05) is 36.4 Å². The van der Waals surface area contributed by atoms with Gasteiger partial charge >= 0.3 is 0 Å². The van der Waals surface area contributed by atoms with E-state index in [9.17, 15) is 19.2 Å². The van der Waals surface area contributed by atoms with Gasteiger partial charge in [-0.25, -0.2) is 0 Å². The van der Waals surface area contributed by atoms with Gasteiger partial charge in [0.15, 0.2) is 0 Å². The quantitative estimate of drug-likeness (QED) is 0.0585. The van der Waals surface area contributed by atoms with E-state index in [1.807, 2.05) is 49.5 Å². The Kier molecular flexibility index (Phi) is 20.2. The predicted molar refractivity (Wildman–Crippen MR) is 270 cm³/mol. The van der Waals surface area contributed by atoms with Gasteiger partial charge in [0.05, 0.1) is 69.0 Å². The third-order valence-corrected chi connectivity index (χ3v) is 12.3. The van der Waals surface area contributed by atoms with Crippen molar-refractivity contribution in [2.24, 2.45) is 0 Å². The molecule has 6 rings (SSSR count). The summed E-state index contributed by atoms with van der Waals surface area (Å²) >= 11 is 0. The van der Waals surface area contributed by atoms with E-state index in [4.69, 9.17) is 19.2 Å².